The summed E-state index contributed by atoms with van der Waals surface area (Å²) < 4.78 is 54.8. The van der Waals surface area contributed by atoms with Crippen LogP contribution in [-0.2, 0) is 24.5 Å². The molecular formula is C25H38FN5O5S. The number of hydrogen-bond acceptors (Lipinski definition) is 7. The van der Waals surface area contributed by atoms with E-state index in [0.717, 1.165) is 32.7 Å². The lowest BCUT2D eigenvalue weighted by molar-refractivity contribution is -0.179. The molecule has 1 aromatic carbocycles. The van der Waals surface area contributed by atoms with Crippen LogP contribution in [0.1, 0.15) is 25.7 Å². The molecule has 0 bridgehead atoms. The minimum Gasteiger partial charge on any atom is -0.367 e. The van der Waals surface area contributed by atoms with Crippen LogP contribution >= 0.6 is 0 Å². The molecule has 10 nitrogen and oxygen atoms in total. The van der Waals surface area contributed by atoms with Gasteiger partial charge in [0.05, 0.1) is 18.9 Å². The minimum atomic E-state index is -3.55. The summed E-state index contributed by atoms with van der Waals surface area (Å²) in [6.45, 7) is 7.04. The van der Waals surface area contributed by atoms with E-state index in [4.69, 9.17) is 9.47 Å². The average Bonchev–Trinajstić information content (AvgIpc) is 3.37. The highest BCUT2D eigenvalue weighted by atomic mass is 32.2. The van der Waals surface area contributed by atoms with E-state index >= 15 is 0 Å². The van der Waals surface area contributed by atoms with Crippen LogP contribution in [-0.4, -0.2) is 112 Å². The van der Waals surface area contributed by atoms with Crippen LogP contribution < -0.4 is 10.2 Å². The molecule has 4 aliphatic heterocycles. The number of piperidine rings is 2. The number of ether oxygens (including phenoxy) is 2. The molecule has 1 N–H and O–H groups in total. The number of rotatable bonds is 7. The first kappa shape index (κ1) is 26.8. The average molecular weight is 540 g/mol. The van der Waals surface area contributed by atoms with Gasteiger partial charge in [-0.1, -0.05) is 12.1 Å². The van der Waals surface area contributed by atoms with E-state index < -0.39 is 16.0 Å². The zero-order valence-electron chi connectivity index (χ0n) is 21.3. The van der Waals surface area contributed by atoms with Crippen LogP contribution in [0.25, 0.3) is 0 Å². The van der Waals surface area contributed by atoms with Gasteiger partial charge >= 0.3 is 0 Å². The van der Waals surface area contributed by atoms with Crippen molar-refractivity contribution in [3.63, 3.8) is 0 Å². The Kier molecular flexibility index (Phi) is 8.32. The number of nitrogens with one attached hydrogen (secondary N) is 1. The fraction of sp³-hybridized carbons (Fsp3) is 0.720. The highest BCUT2D eigenvalue weighted by Gasteiger charge is 2.44. The summed E-state index contributed by atoms with van der Waals surface area (Å²) in [6, 6.07) is 6.85. The zero-order chi connectivity index (χ0) is 25.9. The third-order valence-corrected chi connectivity index (χ3v) is 10.1. The molecule has 4 saturated heterocycles. The monoisotopic (exact) mass is 539 g/mol. The van der Waals surface area contributed by atoms with E-state index in [1.165, 1.54) is 14.7 Å². The summed E-state index contributed by atoms with van der Waals surface area (Å²) in [5.74, 6) is -0.976. The van der Waals surface area contributed by atoms with E-state index in [1.54, 1.807) is 6.07 Å². The van der Waals surface area contributed by atoms with Crippen LogP contribution in [0.15, 0.2) is 24.3 Å². The number of anilines is 1. The lowest BCUT2D eigenvalue weighted by Crippen LogP contribution is -2.53. The number of halogens is 1. The maximum Gasteiger partial charge on any atom is 0.281 e. The predicted octanol–water partition coefficient (Wildman–Crippen LogP) is 0.860. The standard InChI is InChI=1S/C25H38FN5O5S/c26-22-3-1-2-4-23(22)29-17-15-28(16-18-29)14-9-27-24(32)21-5-10-30(11-6-21)37(33,34)31-12-7-25(8-13-31)35-19-20-36-25/h1-4,21H,5-20H2,(H,27,32). The van der Waals surface area contributed by atoms with Crippen molar-refractivity contribution in [3.05, 3.63) is 30.1 Å². The molecule has 4 heterocycles. The Labute approximate surface area is 218 Å². The molecule has 0 unspecified atom stereocenters. The predicted molar refractivity (Wildman–Crippen MR) is 137 cm³/mol. The summed E-state index contributed by atoms with van der Waals surface area (Å²) in [4.78, 5) is 17.1. The Morgan fingerprint density at radius 1 is 0.946 bits per heavy atom. The molecule has 1 aromatic rings. The molecule has 1 spiro atoms. The maximum absolute atomic E-state index is 14.0. The lowest BCUT2D eigenvalue weighted by atomic mass is 9.97. The van der Waals surface area contributed by atoms with E-state index in [9.17, 15) is 17.6 Å². The van der Waals surface area contributed by atoms with Gasteiger partial charge in [0.1, 0.15) is 5.82 Å². The van der Waals surface area contributed by atoms with Gasteiger partial charge in [0.25, 0.3) is 10.2 Å². The van der Waals surface area contributed by atoms with Gasteiger partial charge in [0.15, 0.2) is 5.79 Å². The number of amides is 1. The van der Waals surface area contributed by atoms with E-state index in [1.807, 2.05) is 12.1 Å². The van der Waals surface area contributed by atoms with Gasteiger partial charge in [-0.2, -0.15) is 17.0 Å². The molecule has 0 radical (unpaired) electrons. The van der Waals surface area contributed by atoms with Gasteiger partial charge in [0, 0.05) is 84.2 Å². The summed E-state index contributed by atoms with van der Waals surface area (Å²) in [7, 11) is -3.55. The first-order chi connectivity index (χ1) is 17.9. The van der Waals surface area contributed by atoms with Gasteiger partial charge in [-0.15, -0.1) is 0 Å². The normalized spacial score (nSPS) is 24.5. The first-order valence-electron chi connectivity index (χ1n) is 13.4. The quantitative estimate of drug-likeness (QED) is 0.549. The molecule has 0 saturated carbocycles. The Balaban J connectivity index is 1.00. The molecular weight excluding hydrogens is 501 g/mol. The summed E-state index contributed by atoms with van der Waals surface area (Å²) in [5.41, 5.74) is 0.643. The molecule has 0 aromatic heterocycles. The van der Waals surface area contributed by atoms with Gasteiger partial charge in [0.2, 0.25) is 5.91 Å². The second-order valence-corrected chi connectivity index (χ2v) is 12.2. The Morgan fingerprint density at radius 3 is 2.22 bits per heavy atom. The van der Waals surface area contributed by atoms with Crippen molar-refractivity contribution in [2.75, 3.05) is 83.6 Å². The van der Waals surface area contributed by atoms with Crippen LogP contribution in [0, 0.1) is 11.7 Å². The summed E-state index contributed by atoms with van der Waals surface area (Å²) in [6.07, 6.45) is 2.14. The Hall–Kier alpha value is -1.83. The minimum absolute atomic E-state index is 0.00233. The van der Waals surface area contributed by atoms with Gasteiger partial charge in [-0.05, 0) is 25.0 Å². The van der Waals surface area contributed by atoms with Crippen molar-refractivity contribution in [2.24, 2.45) is 5.92 Å². The molecule has 5 rings (SSSR count). The Bertz CT molecular complexity index is 1030. The lowest BCUT2D eigenvalue weighted by Gasteiger charge is -2.40. The van der Waals surface area contributed by atoms with Crippen molar-refractivity contribution in [3.8, 4) is 0 Å². The number of nitrogens with zero attached hydrogens (tertiary/aromatic N) is 4. The van der Waals surface area contributed by atoms with Crippen LogP contribution in [0.2, 0.25) is 0 Å². The van der Waals surface area contributed by atoms with Gasteiger partial charge < -0.3 is 19.7 Å². The van der Waals surface area contributed by atoms with Gasteiger partial charge in [-0.25, -0.2) is 4.39 Å². The number of para-hydroxylation sites is 1. The smallest absolute Gasteiger partial charge is 0.281 e. The molecule has 4 fully saturated rings. The number of benzene rings is 1. The van der Waals surface area contributed by atoms with Crippen molar-refractivity contribution >= 4 is 21.8 Å². The number of carbonyl (C=O) groups is 1. The molecule has 0 aliphatic carbocycles. The second kappa shape index (κ2) is 11.5. The molecule has 0 atom stereocenters. The molecule has 12 heteroatoms. The third-order valence-electron chi connectivity index (χ3n) is 8.07. The van der Waals surface area contributed by atoms with Crippen LogP contribution in [0.5, 0.6) is 0 Å². The number of carbonyl (C=O) groups excluding carboxylic acids is 1. The number of hydrogen-bond donors (Lipinski definition) is 1. The van der Waals surface area contributed by atoms with Crippen molar-refractivity contribution in [2.45, 2.75) is 31.5 Å². The molecule has 206 valence electrons. The highest BCUT2D eigenvalue weighted by molar-refractivity contribution is 7.86. The highest BCUT2D eigenvalue weighted by Crippen LogP contribution is 2.33. The van der Waals surface area contributed by atoms with Crippen molar-refractivity contribution in [1.29, 1.82) is 0 Å². The summed E-state index contributed by atoms with van der Waals surface area (Å²) >= 11 is 0. The van der Waals surface area contributed by atoms with Crippen LogP contribution in [0.3, 0.4) is 0 Å². The molecule has 4 aliphatic rings. The van der Waals surface area contributed by atoms with E-state index in [2.05, 4.69) is 15.1 Å². The van der Waals surface area contributed by atoms with E-state index in [-0.39, 0.29) is 17.6 Å². The van der Waals surface area contributed by atoms with Crippen LogP contribution in [0.4, 0.5) is 10.1 Å². The van der Waals surface area contributed by atoms with Gasteiger partial charge in [-0.3, -0.25) is 9.69 Å². The first-order valence-corrected chi connectivity index (χ1v) is 14.8. The van der Waals surface area contributed by atoms with Crippen molar-refractivity contribution in [1.82, 2.24) is 18.8 Å². The second-order valence-electron chi connectivity index (χ2n) is 10.3. The van der Waals surface area contributed by atoms with Crippen molar-refractivity contribution < 1.29 is 27.1 Å². The molecule has 1 amide bonds. The topological polar surface area (TPSA) is 94.7 Å². The number of piperazine rings is 1. The fourth-order valence-electron chi connectivity index (χ4n) is 5.76. The Morgan fingerprint density at radius 2 is 1.57 bits per heavy atom. The fourth-order valence-corrected chi connectivity index (χ4v) is 7.40. The molecule has 37 heavy (non-hydrogen) atoms. The SMILES string of the molecule is O=C(NCCN1CCN(c2ccccc2F)CC1)C1CCN(S(=O)(=O)N2CCC3(CC2)OCCO3)CC1. The largest absolute Gasteiger partial charge is 0.367 e. The van der Waals surface area contributed by atoms with E-state index in [0.29, 0.717) is 77.3 Å². The third kappa shape index (κ3) is 6.10. The maximum atomic E-state index is 14.0. The zero-order valence-corrected chi connectivity index (χ0v) is 22.1. The summed E-state index contributed by atoms with van der Waals surface area (Å²) in [5, 5.41) is 3.04.